The van der Waals surface area contributed by atoms with Gasteiger partial charge in [-0.25, -0.2) is 0 Å². The second-order valence-electron chi connectivity index (χ2n) is 2.70. The maximum Gasteiger partial charge on any atom is 0.0546 e. The predicted octanol–water partition coefficient (Wildman–Crippen LogP) is 2.44. The minimum atomic E-state index is 0.686. The average molecular weight is 177 g/mol. The number of rotatable bonds is 0. The van der Waals surface area contributed by atoms with Crippen molar-refractivity contribution in [3.63, 3.8) is 0 Å². The van der Waals surface area contributed by atoms with Crippen molar-refractivity contribution in [2.75, 3.05) is 7.05 Å². The van der Waals surface area contributed by atoms with Crippen LogP contribution in [-0.4, -0.2) is 27.3 Å². The molecule has 0 radical (unpaired) electrons. The van der Waals surface area contributed by atoms with Crippen LogP contribution < -0.4 is 0 Å². The predicted molar refractivity (Wildman–Crippen MR) is 51.3 cm³/mol. The number of hydrogen-bond donors (Lipinski definition) is 0. The van der Waals surface area contributed by atoms with Crippen LogP contribution in [0.25, 0.3) is 0 Å². The first-order valence-corrected chi connectivity index (χ1v) is 5.52. The van der Waals surface area contributed by atoms with Gasteiger partial charge in [0.25, 0.3) is 0 Å². The molecule has 0 unspecified atom stereocenters. The van der Waals surface area contributed by atoms with Gasteiger partial charge in [0.2, 0.25) is 0 Å². The molecule has 3 heteroatoms. The Labute approximate surface area is 71.9 Å². The summed E-state index contributed by atoms with van der Waals surface area (Å²) in [7, 11) is 2.20. The molecule has 0 saturated carbocycles. The van der Waals surface area contributed by atoms with E-state index in [1.165, 1.54) is 0 Å². The van der Waals surface area contributed by atoms with Crippen molar-refractivity contribution in [2.45, 2.75) is 36.1 Å². The van der Waals surface area contributed by atoms with E-state index in [1.807, 2.05) is 23.5 Å². The standard InChI is InChI=1S/C7H15NS2/c1-5-8(4)6(2)10-7(3)9-5/h5-7H,1-4H3/t5-,6-/m0/s1. The highest BCUT2D eigenvalue weighted by atomic mass is 32.2. The smallest absolute Gasteiger partial charge is 0.0546 e. The van der Waals surface area contributed by atoms with Crippen LogP contribution in [0.4, 0.5) is 0 Å². The molecule has 0 aromatic heterocycles. The van der Waals surface area contributed by atoms with Gasteiger partial charge in [-0.1, -0.05) is 0 Å². The first-order chi connectivity index (χ1) is 4.61. The van der Waals surface area contributed by atoms with Gasteiger partial charge in [-0.2, -0.15) is 0 Å². The van der Waals surface area contributed by atoms with Crippen LogP contribution in [0.5, 0.6) is 0 Å². The molecule has 10 heavy (non-hydrogen) atoms. The fraction of sp³-hybridized carbons (Fsp3) is 1.00. The summed E-state index contributed by atoms with van der Waals surface area (Å²) in [5, 5.41) is 1.37. The summed E-state index contributed by atoms with van der Waals surface area (Å²) >= 11 is 4.08. The minimum Gasteiger partial charge on any atom is -0.283 e. The lowest BCUT2D eigenvalue weighted by Crippen LogP contribution is -2.38. The summed E-state index contributed by atoms with van der Waals surface area (Å²) in [6.07, 6.45) is 0. The van der Waals surface area contributed by atoms with Crippen molar-refractivity contribution >= 4 is 23.5 Å². The topological polar surface area (TPSA) is 3.24 Å². The molecule has 1 rings (SSSR count). The lowest BCUT2D eigenvalue weighted by molar-refractivity contribution is 0.317. The van der Waals surface area contributed by atoms with E-state index < -0.39 is 0 Å². The Bertz CT molecular complexity index is 106. The van der Waals surface area contributed by atoms with Gasteiger partial charge in [-0.3, -0.25) is 4.90 Å². The molecule has 1 nitrogen and oxygen atoms in total. The average Bonchev–Trinajstić information content (AvgIpc) is 1.82. The second-order valence-corrected chi connectivity index (χ2v) is 6.33. The molecule has 0 amide bonds. The number of nitrogens with zero attached hydrogens (tertiary/aromatic N) is 1. The molecule has 1 heterocycles. The molecule has 1 saturated heterocycles. The van der Waals surface area contributed by atoms with Crippen molar-refractivity contribution in [3.8, 4) is 0 Å². The van der Waals surface area contributed by atoms with Crippen LogP contribution in [-0.2, 0) is 0 Å². The second kappa shape index (κ2) is 3.37. The number of hydrogen-bond acceptors (Lipinski definition) is 3. The molecule has 0 bridgehead atoms. The Morgan fingerprint density at radius 3 is 1.80 bits per heavy atom. The van der Waals surface area contributed by atoms with E-state index in [1.54, 1.807) is 0 Å². The molecule has 0 spiro atoms. The van der Waals surface area contributed by atoms with Gasteiger partial charge >= 0.3 is 0 Å². The van der Waals surface area contributed by atoms with Crippen LogP contribution in [0, 0.1) is 0 Å². The van der Waals surface area contributed by atoms with E-state index in [0.29, 0.717) is 10.7 Å². The lowest BCUT2D eigenvalue weighted by atomic mass is 10.6. The van der Waals surface area contributed by atoms with Crippen molar-refractivity contribution in [2.24, 2.45) is 0 Å². The molecule has 1 fully saturated rings. The van der Waals surface area contributed by atoms with Gasteiger partial charge in [0.15, 0.2) is 0 Å². The van der Waals surface area contributed by atoms with Crippen LogP contribution in [0.2, 0.25) is 0 Å². The summed E-state index contributed by atoms with van der Waals surface area (Å²) in [5.41, 5.74) is 0. The van der Waals surface area contributed by atoms with Gasteiger partial charge in [0, 0.05) is 0 Å². The third kappa shape index (κ3) is 1.83. The largest absolute Gasteiger partial charge is 0.283 e. The Hall–Kier alpha value is 0.660. The van der Waals surface area contributed by atoms with Crippen LogP contribution in [0.15, 0.2) is 0 Å². The van der Waals surface area contributed by atoms with Gasteiger partial charge < -0.3 is 0 Å². The molecule has 0 N–H and O–H groups in total. The van der Waals surface area contributed by atoms with Crippen molar-refractivity contribution in [3.05, 3.63) is 0 Å². The monoisotopic (exact) mass is 177 g/mol. The third-order valence-corrected chi connectivity index (χ3v) is 4.81. The molecule has 2 atom stereocenters. The molecule has 0 aromatic rings. The van der Waals surface area contributed by atoms with E-state index in [4.69, 9.17) is 0 Å². The molecular weight excluding hydrogens is 162 g/mol. The Morgan fingerprint density at radius 1 is 1.00 bits per heavy atom. The molecule has 1 aliphatic rings. The first-order valence-electron chi connectivity index (χ1n) is 3.64. The fourth-order valence-electron chi connectivity index (χ4n) is 1.07. The highest BCUT2D eigenvalue weighted by Crippen LogP contribution is 2.38. The SMILES string of the molecule is CC1S[C@@H](C)N(C)[C@H](C)S1. The van der Waals surface area contributed by atoms with E-state index in [0.717, 1.165) is 4.58 Å². The van der Waals surface area contributed by atoms with Crippen LogP contribution in [0.3, 0.4) is 0 Å². The van der Waals surface area contributed by atoms with E-state index in [2.05, 4.69) is 32.7 Å². The van der Waals surface area contributed by atoms with E-state index in [9.17, 15) is 0 Å². The Morgan fingerprint density at radius 2 is 1.40 bits per heavy atom. The molecule has 60 valence electrons. The summed E-state index contributed by atoms with van der Waals surface area (Å²) in [6, 6.07) is 0. The summed E-state index contributed by atoms with van der Waals surface area (Å²) < 4.78 is 0.765. The maximum absolute atomic E-state index is 2.41. The lowest BCUT2D eigenvalue weighted by Gasteiger charge is -2.37. The normalized spacial score (nSPS) is 43.8. The maximum atomic E-state index is 2.41. The van der Waals surface area contributed by atoms with E-state index in [-0.39, 0.29) is 0 Å². The van der Waals surface area contributed by atoms with E-state index >= 15 is 0 Å². The van der Waals surface area contributed by atoms with Gasteiger partial charge in [-0.05, 0) is 27.8 Å². The van der Waals surface area contributed by atoms with Crippen molar-refractivity contribution in [1.29, 1.82) is 0 Å². The Kier molecular flexibility index (Phi) is 2.95. The van der Waals surface area contributed by atoms with Crippen molar-refractivity contribution < 1.29 is 0 Å². The Balaban J connectivity index is 2.49. The van der Waals surface area contributed by atoms with Crippen molar-refractivity contribution in [1.82, 2.24) is 4.90 Å². The summed E-state index contributed by atoms with van der Waals surface area (Å²) in [6.45, 7) is 6.84. The molecule has 0 aliphatic carbocycles. The first kappa shape index (κ1) is 8.75. The van der Waals surface area contributed by atoms with Gasteiger partial charge in [0.05, 0.1) is 15.3 Å². The van der Waals surface area contributed by atoms with Crippen LogP contribution >= 0.6 is 23.5 Å². The summed E-state index contributed by atoms with van der Waals surface area (Å²) in [5.74, 6) is 0. The zero-order valence-corrected chi connectivity index (χ0v) is 8.63. The zero-order chi connectivity index (χ0) is 7.72. The molecule has 1 aliphatic heterocycles. The highest BCUT2D eigenvalue weighted by molar-refractivity contribution is 8.18. The van der Waals surface area contributed by atoms with Gasteiger partial charge in [0.1, 0.15) is 0 Å². The summed E-state index contributed by atoms with van der Waals surface area (Å²) in [4.78, 5) is 2.41. The zero-order valence-electron chi connectivity index (χ0n) is 7.00. The highest BCUT2D eigenvalue weighted by Gasteiger charge is 2.26. The third-order valence-electron chi connectivity index (χ3n) is 1.92. The van der Waals surface area contributed by atoms with Crippen LogP contribution in [0.1, 0.15) is 20.8 Å². The van der Waals surface area contributed by atoms with Gasteiger partial charge in [-0.15, -0.1) is 23.5 Å². The fourth-order valence-corrected chi connectivity index (χ4v) is 4.23. The quantitative estimate of drug-likeness (QED) is 0.559. The minimum absolute atomic E-state index is 0.686. The number of thioether (sulfide) groups is 2. The molecule has 0 aromatic carbocycles. The molecular formula is C7H15NS2.